The Balaban J connectivity index is 1.19. The summed E-state index contributed by atoms with van der Waals surface area (Å²) in [7, 11) is 0. The molecule has 0 atom stereocenters. The van der Waals surface area contributed by atoms with Gasteiger partial charge in [-0.25, -0.2) is 4.98 Å². The van der Waals surface area contributed by atoms with Crippen molar-refractivity contribution in [2.75, 3.05) is 18.9 Å². The fraction of sp³-hybridized carbons (Fsp3) is 0.286. The molecule has 1 heterocycles. The van der Waals surface area contributed by atoms with Crippen molar-refractivity contribution in [1.82, 2.24) is 10.3 Å². The lowest BCUT2D eigenvalue weighted by molar-refractivity contribution is -0.145. The number of ether oxygens (including phenoxy) is 1. The first kappa shape index (κ1) is 18.6. The van der Waals surface area contributed by atoms with E-state index in [9.17, 15) is 9.59 Å². The Kier molecular flexibility index (Phi) is 5.34. The van der Waals surface area contributed by atoms with E-state index in [2.05, 4.69) is 22.4 Å². The van der Waals surface area contributed by atoms with E-state index in [0.717, 1.165) is 30.1 Å². The van der Waals surface area contributed by atoms with E-state index in [0.29, 0.717) is 17.4 Å². The molecule has 1 amide bonds. The molecule has 2 aromatic carbocycles. The Hall–Kier alpha value is -2.80. The fourth-order valence-electron chi connectivity index (χ4n) is 3.05. The maximum Gasteiger partial charge on any atom is 0.316 e. The average Bonchev–Trinajstić information content (AvgIpc) is 3.41. The molecule has 0 bridgehead atoms. The van der Waals surface area contributed by atoms with E-state index < -0.39 is 5.97 Å². The second kappa shape index (κ2) is 8.06. The molecule has 1 fully saturated rings. The highest BCUT2D eigenvalue weighted by Gasteiger charge is 2.44. The van der Waals surface area contributed by atoms with Gasteiger partial charge >= 0.3 is 5.97 Å². The molecule has 0 radical (unpaired) electrons. The zero-order chi connectivity index (χ0) is 19.4. The van der Waals surface area contributed by atoms with Crippen LogP contribution >= 0.6 is 11.8 Å². The summed E-state index contributed by atoms with van der Waals surface area (Å²) in [5.41, 5.74) is 2.68. The van der Waals surface area contributed by atoms with E-state index >= 15 is 0 Å². The van der Waals surface area contributed by atoms with E-state index in [1.807, 2.05) is 42.5 Å². The molecule has 0 unspecified atom stereocenters. The van der Waals surface area contributed by atoms with Gasteiger partial charge in [0.1, 0.15) is 11.3 Å². The van der Waals surface area contributed by atoms with Crippen LogP contribution < -0.4 is 5.32 Å². The predicted molar refractivity (Wildman–Crippen MR) is 106 cm³/mol. The maximum atomic E-state index is 12.0. The summed E-state index contributed by atoms with van der Waals surface area (Å²) < 4.78 is 10.6. The van der Waals surface area contributed by atoms with Crippen LogP contribution in [0.25, 0.3) is 11.1 Å². The summed E-state index contributed by atoms with van der Waals surface area (Å²) in [4.78, 5) is 28.2. The summed E-state index contributed by atoms with van der Waals surface area (Å²) in [6.07, 6.45) is 2.11. The Morgan fingerprint density at radius 3 is 2.61 bits per heavy atom. The van der Waals surface area contributed by atoms with E-state index in [4.69, 9.17) is 9.15 Å². The number of hydrogen-bond acceptors (Lipinski definition) is 6. The first-order valence-corrected chi connectivity index (χ1v) is 10.1. The van der Waals surface area contributed by atoms with E-state index in [1.165, 1.54) is 5.56 Å². The molecule has 0 aliphatic heterocycles. The Labute approximate surface area is 166 Å². The van der Waals surface area contributed by atoms with Crippen molar-refractivity contribution in [2.45, 2.75) is 23.5 Å². The number of oxazole rings is 1. The third-order valence-electron chi connectivity index (χ3n) is 4.82. The van der Waals surface area contributed by atoms with Crippen LogP contribution in [0.3, 0.4) is 0 Å². The van der Waals surface area contributed by atoms with Gasteiger partial charge in [0.25, 0.3) is 11.1 Å². The minimum absolute atomic E-state index is 0.0315. The highest BCUT2D eigenvalue weighted by molar-refractivity contribution is 7.99. The van der Waals surface area contributed by atoms with Crippen molar-refractivity contribution in [3.63, 3.8) is 0 Å². The molecular formula is C21H20N2O4S. The second-order valence-electron chi connectivity index (χ2n) is 6.82. The quantitative estimate of drug-likeness (QED) is 0.465. The van der Waals surface area contributed by atoms with Crippen LogP contribution in [0.15, 0.2) is 64.2 Å². The van der Waals surface area contributed by atoms with Gasteiger partial charge in [0.2, 0.25) is 0 Å². The van der Waals surface area contributed by atoms with Gasteiger partial charge in [-0.05, 0) is 30.5 Å². The first-order chi connectivity index (χ1) is 13.6. The number of para-hydroxylation sites is 2. The third-order valence-corrected chi connectivity index (χ3v) is 5.62. The number of esters is 1. The molecule has 7 heteroatoms. The number of hydrogen-bond donors (Lipinski definition) is 1. The van der Waals surface area contributed by atoms with Crippen molar-refractivity contribution in [3.05, 3.63) is 60.2 Å². The lowest BCUT2D eigenvalue weighted by atomic mass is 9.96. The van der Waals surface area contributed by atoms with E-state index in [-0.39, 0.29) is 23.7 Å². The lowest BCUT2D eigenvalue weighted by Crippen LogP contribution is -2.35. The molecule has 3 aromatic rings. The topological polar surface area (TPSA) is 81.4 Å². The number of aromatic nitrogens is 1. The van der Waals surface area contributed by atoms with E-state index in [1.54, 1.807) is 0 Å². The number of carbonyl (C=O) groups is 2. The van der Waals surface area contributed by atoms with Gasteiger partial charge in [0.05, 0.1) is 0 Å². The highest BCUT2D eigenvalue weighted by Crippen LogP contribution is 2.47. The second-order valence-corrected chi connectivity index (χ2v) is 7.75. The molecule has 1 saturated carbocycles. The van der Waals surface area contributed by atoms with Crippen LogP contribution in [-0.4, -0.2) is 35.8 Å². The van der Waals surface area contributed by atoms with Crippen LogP contribution in [0, 0.1) is 0 Å². The van der Waals surface area contributed by atoms with Crippen molar-refractivity contribution in [2.24, 2.45) is 0 Å². The molecule has 0 spiro atoms. The fourth-order valence-corrected chi connectivity index (χ4v) is 3.69. The molecule has 28 heavy (non-hydrogen) atoms. The summed E-state index contributed by atoms with van der Waals surface area (Å²) in [6, 6.07) is 17.6. The minimum Gasteiger partial charge on any atom is -0.455 e. The maximum absolute atomic E-state index is 12.0. The highest BCUT2D eigenvalue weighted by atomic mass is 32.2. The predicted octanol–water partition coefficient (Wildman–Crippen LogP) is 3.31. The monoisotopic (exact) mass is 396 g/mol. The smallest absolute Gasteiger partial charge is 0.316 e. The average molecular weight is 396 g/mol. The normalized spacial score (nSPS) is 14.6. The number of rotatable bonds is 8. The zero-order valence-corrected chi connectivity index (χ0v) is 16.0. The Bertz CT molecular complexity index is 949. The number of nitrogens with one attached hydrogen (secondary N) is 1. The SMILES string of the molecule is O=C(COC(=O)CSc1nc2ccccc2o1)NCC1(c2ccccc2)CC1. The summed E-state index contributed by atoms with van der Waals surface area (Å²) in [5.74, 6) is -0.734. The number of amides is 1. The lowest BCUT2D eigenvalue weighted by Gasteiger charge is -2.16. The summed E-state index contributed by atoms with van der Waals surface area (Å²) in [6.45, 7) is 0.281. The molecule has 6 nitrogen and oxygen atoms in total. The molecule has 1 aliphatic rings. The van der Waals surface area contributed by atoms with Crippen molar-refractivity contribution in [1.29, 1.82) is 0 Å². The van der Waals surface area contributed by atoms with Gasteiger partial charge in [-0.15, -0.1) is 0 Å². The van der Waals surface area contributed by atoms with Crippen molar-refractivity contribution in [3.8, 4) is 0 Å². The molecular weight excluding hydrogens is 376 g/mol. The number of thioether (sulfide) groups is 1. The number of carbonyl (C=O) groups excluding carboxylic acids is 2. The Morgan fingerprint density at radius 2 is 1.86 bits per heavy atom. The van der Waals surface area contributed by atoms with Crippen LogP contribution in [0.1, 0.15) is 18.4 Å². The minimum atomic E-state index is -0.480. The summed E-state index contributed by atoms with van der Waals surface area (Å²) in [5, 5.41) is 3.28. The molecule has 1 N–H and O–H groups in total. The van der Waals surface area contributed by atoms with Crippen molar-refractivity contribution >= 4 is 34.7 Å². The molecule has 0 saturated heterocycles. The van der Waals surface area contributed by atoms with Gasteiger partial charge in [0, 0.05) is 12.0 Å². The van der Waals surface area contributed by atoms with Gasteiger partial charge in [-0.3, -0.25) is 9.59 Å². The summed E-state index contributed by atoms with van der Waals surface area (Å²) >= 11 is 1.15. The molecule has 4 rings (SSSR count). The molecule has 144 valence electrons. The van der Waals surface area contributed by atoms with Crippen LogP contribution in [0.2, 0.25) is 0 Å². The van der Waals surface area contributed by atoms with Crippen LogP contribution in [0.5, 0.6) is 0 Å². The largest absolute Gasteiger partial charge is 0.455 e. The standard InChI is InChI=1S/C21H20N2O4S/c24-18(22-14-21(10-11-21)15-6-2-1-3-7-15)12-26-19(25)13-28-20-23-16-8-4-5-9-17(16)27-20/h1-9H,10-14H2,(H,22,24). The van der Waals surface area contributed by atoms with Crippen molar-refractivity contribution < 1.29 is 18.7 Å². The van der Waals surface area contributed by atoms with Crippen LogP contribution in [0.4, 0.5) is 0 Å². The van der Waals surface area contributed by atoms with Gasteiger partial charge in [0.15, 0.2) is 12.2 Å². The Morgan fingerprint density at radius 1 is 1.11 bits per heavy atom. The van der Waals surface area contributed by atoms with Gasteiger partial charge in [-0.1, -0.05) is 54.2 Å². The van der Waals surface area contributed by atoms with Gasteiger partial charge in [-0.2, -0.15) is 0 Å². The zero-order valence-electron chi connectivity index (χ0n) is 15.2. The number of fused-ring (bicyclic) bond motifs is 1. The molecule has 1 aromatic heterocycles. The molecule has 1 aliphatic carbocycles. The van der Waals surface area contributed by atoms with Crippen LogP contribution in [-0.2, 0) is 19.7 Å². The number of nitrogens with zero attached hydrogens (tertiary/aromatic N) is 1. The first-order valence-electron chi connectivity index (χ1n) is 9.11. The van der Waals surface area contributed by atoms with Gasteiger partial charge < -0.3 is 14.5 Å². The third kappa shape index (κ3) is 4.36. The number of benzene rings is 2.